The molecule has 1 unspecified atom stereocenters. The van der Waals surface area contributed by atoms with Gasteiger partial charge in [-0.05, 0) is 84.1 Å². The highest BCUT2D eigenvalue weighted by Gasteiger charge is 2.41. The zero-order valence-electron chi connectivity index (χ0n) is 46.0. The van der Waals surface area contributed by atoms with Crippen molar-refractivity contribution in [1.82, 2.24) is 57.4 Å². The molecular formula is C50H86N16O13. The van der Waals surface area contributed by atoms with Gasteiger partial charge in [0.1, 0.15) is 48.8 Å². The van der Waals surface area contributed by atoms with Crippen molar-refractivity contribution in [3.63, 3.8) is 0 Å². The van der Waals surface area contributed by atoms with Gasteiger partial charge in [0.2, 0.25) is 53.2 Å². The monoisotopic (exact) mass is 1120 g/mol. The molecule has 0 bridgehead atoms. The van der Waals surface area contributed by atoms with E-state index in [1.165, 1.54) is 31.3 Å². The van der Waals surface area contributed by atoms with Crippen LogP contribution in [0.15, 0.2) is 17.5 Å². The topological polar surface area (TPSA) is 476 Å². The fraction of sp³-hybridized carbons (Fsp3) is 0.720. The van der Waals surface area contributed by atoms with Crippen molar-refractivity contribution in [1.29, 1.82) is 0 Å². The molecule has 0 aliphatic heterocycles. The van der Waals surface area contributed by atoms with Crippen molar-refractivity contribution in [3.05, 3.63) is 18.2 Å². The third-order valence-corrected chi connectivity index (χ3v) is 13.8. The summed E-state index contributed by atoms with van der Waals surface area (Å²) in [5.41, 5.74) is 22.8. The highest BCUT2D eigenvalue weighted by atomic mass is 16.4. The molecule has 0 saturated heterocycles. The zero-order chi connectivity index (χ0) is 58.9. The Bertz CT molecular complexity index is 2220. The van der Waals surface area contributed by atoms with E-state index in [9.17, 15) is 63.3 Å². The number of H-pyrrole nitrogens is 1. The van der Waals surface area contributed by atoms with Gasteiger partial charge in [-0.3, -0.25) is 52.9 Å². The van der Waals surface area contributed by atoms with Crippen LogP contribution >= 0.6 is 0 Å². The lowest BCUT2D eigenvalue weighted by Crippen LogP contribution is -2.62. The smallest absolute Gasteiger partial charge is 0.323 e. The average molecular weight is 1120 g/mol. The molecule has 0 aromatic carbocycles. The number of guanidine groups is 1. The fourth-order valence-electron chi connectivity index (χ4n) is 8.87. The zero-order valence-corrected chi connectivity index (χ0v) is 46.0. The van der Waals surface area contributed by atoms with E-state index in [2.05, 4.69) is 57.5 Å². The lowest BCUT2D eigenvalue weighted by Gasteiger charge is -2.31. The first kappa shape index (κ1) is 66.3. The second kappa shape index (κ2) is 33.5. The van der Waals surface area contributed by atoms with Gasteiger partial charge in [0.25, 0.3) is 0 Å². The summed E-state index contributed by atoms with van der Waals surface area (Å²) in [5.74, 6) is -9.23. The van der Waals surface area contributed by atoms with Crippen molar-refractivity contribution >= 4 is 65.1 Å². The van der Waals surface area contributed by atoms with E-state index in [0.717, 1.165) is 39.0 Å². The first-order chi connectivity index (χ1) is 37.4. The Labute approximate surface area is 459 Å². The summed E-state index contributed by atoms with van der Waals surface area (Å²) in [6, 6.07) is -11.0. The summed E-state index contributed by atoms with van der Waals surface area (Å²) in [7, 11) is 0. The number of carboxylic acid groups (broad SMARTS) is 1. The Hall–Kier alpha value is -6.98. The molecule has 79 heavy (non-hydrogen) atoms. The third kappa shape index (κ3) is 23.1. The standard InChI is InChI=1S/C50H86N16O13/c1-6-26(2)39(49(79)66(24-38(70)71)32-16-17-32)63-44(74)34(15-10-18-51)60-37(69)23-57-47(77)40(28(4)67)65-48(78)41(29(5)68)64-46(76)36(21-31-22-55-25-58-31)62-45(75)35(20-30-12-8-7-9-13-30)61-42(72)27(3)59-43(73)33(52)14-11-19-56-50(53)54/h22,25-30,32-36,39-41,67-68H,6-21,23-24,51-52H2,1-5H3,(H,55,58)(H,57,77)(H,59,73)(H,60,69)(H,61,72)(H,62,75)(H,63,74)(H,64,76)(H,65,78)(H,70,71)(H4,53,54,56)/t26?,27-,28+,29+,33-,34-,35-,36-,39-,40-,41-/m0/s1. The number of nitrogens with two attached hydrogens (primary N) is 4. The van der Waals surface area contributed by atoms with Gasteiger partial charge in [0.15, 0.2) is 5.96 Å². The summed E-state index contributed by atoms with van der Waals surface area (Å²) >= 11 is 0. The van der Waals surface area contributed by atoms with Gasteiger partial charge < -0.3 is 90.7 Å². The second-order valence-corrected chi connectivity index (χ2v) is 20.6. The van der Waals surface area contributed by atoms with Crippen LogP contribution in [0, 0.1) is 11.8 Å². The van der Waals surface area contributed by atoms with Crippen molar-refractivity contribution in [2.45, 2.75) is 191 Å². The molecule has 11 atom stereocenters. The summed E-state index contributed by atoms with van der Waals surface area (Å²) in [4.78, 5) is 146. The molecule has 2 saturated carbocycles. The normalized spacial score (nSPS) is 17.6. The van der Waals surface area contributed by atoms with E-state index in [0.29, 0.717) is 31.4 Å². The number of carbonyl (C=O) groups excluding carboxylic acids is 9. The van der Waals surface area contributed by atoms with Crippen LogP contribution in [0.5, 0.6) is 0 Å². The van der Waals surface area contributed by atoms with Crippen LogP contribution in [0.25, 0.3) is 0 Å². The Morgan fingerprint density at radius 3 is 1.89 bits per heavy atom. The van der Waals surface area contributed by atoms with E-state index in [1.807, 2.05) is 0 Å². The minimum absolute atomic E-state index is 0.0234. The maximum Gasteiger partial charge on any atom is 0.323 e. The van der Waals surface area contributed by atoms with Crippen molar-refractivity contribution in [3.8, 4) is 0 Å². The van der Waals surface area contributed by atoms with Crippen LogP contribution in [0.4, 0.5) is 0 Å². The summed E-state index contributed by atoms with van der Waals surface area (Å²) < 4.78 is 0. The minimum Gasteiger partial charge on any atom is -0.480 e. The molecule has 0 spiro atoms. The number of carboxylic acids is 1. The van der Waals surface area contributed by atoms with Crippen molar-refractivity contribution in [2.75, 3.05) is 26.2 Å². The first-order valence-corrected chi connectivity index (χ1v) is 27.1. The molecule has 29 heteroatoms. The fourth-order valence-corrected chi connectivity index (χ4v) is 8.87. The predicted molar refractivity (Wildman–Crippen MR) is 287 cm³/mol. The van der Waals surface area contributed by atoms with Gasteiger partial charge in [0, 0.05) is 30.9 Å². The third-order valence-electron chi connectivity index (χ3n) is 13.8. The number of aromatic amines is 1. The van der Waals surface area contributed by atoms with Crippen LogP contribution in [0.3, 0.4) is 0 Å². The highest BCUT2D eigenvalue weighted by Crippen LogP contribution is 2.29. The van der Waals surface area contributed by atoms with Crippen LogP contribution in [0.2, 0.25) is 0 Å². The van der Waals surface area contributed by atoms with E-state index in [4.69, 9.17) is 22.9 Å². The SMILES string of the molecule is CCC(C)[C@H](NC(=O)[C@H](CCCN)NC(=O)CNC(=O)[C@@H](NC(=O)[C@@H](NC(=O)[C@H](Cc1cnc[nH]1)NC(=O)[C@H](CC1CCCCC1)NC(=O)[C@H](C)NC(=O)[C@@H](N)CCCN=C(N)N)[C@@H](C)O)[C@@H](C)O)C(=O)N(CC(=O)O)C1CC1. The lowest BCUT2D eigenvalue weighted by molar-refractivity contribution is -0.147. The second-order valence-electron chi connectivity index (χ2n) is 20.6. The van der Waals surface area contributed by atoms with E-state index in [-0.39, 0.29) is 63.1 Å². The molecule has 20 N–H and O–H groups in total. The Morgan fingerprint density at radius 1 is 0.722 bits per heavy atom. The predicted octanol–water partition coefficient (Wildman–Crippen LogP) is -4.54. The summed E-state index contributed by atoms with van der Waals surface area (Å²) in [6.45, 7) is 6.32. The maximum atomic E-state index is 14.3. The van der Waals surface area contributed by atoms with E-state index < -0.39 is 139 Å². The van der Waals surface area contributed by atoms with Gasteiger partial charge in [-0.1, -0.05) is 52.4 Å². The number of aliphatic carboxylic acids is 1. The average Bonchev–Trinajstić information content (AvgIpc) is 4.12. The number of hydrogen-bond donors (Lipinski definition) is 16. The quantitative estimate of drug-likeness (QED) is 0.0173. The highest BCUT2D eigenvalue weighted by molar-refractivity contribution is 5.98. The molecule has 9 amide bonds. The van der Waals surface area contributed by atoms with Crippen LogP contribution < -0.4 is 65.5 Å². The molecule has 2 aliphatic rings. The number of amides is 9. The molecule has 29 nitrogen and oxygen atoms in total. The van der Waals surface area contributed by atoms with Gasteiger partial charge in [-0.25, -0.2) is 4.98 Å². The number of aliphatic hydroxyl groups excluding tert-OH is 2. The number of aliphatic imine (C=N–C) groups is 1. The lowest BCUT2D eigenvalue weighted by atomic mass is 9.84. The minimum atomic E-state index is -1.81. The molecule has 0 radical (unpaired) electrons. The van der Waals surface area contributed by atoms with Crippen LogP contribution in [-0.4, -0.2) is 188 Å². The number of imidazole rings is 1. The number of carbonyl (C=O) groups is 10. The van der Waals surface area contributed by atoms with Gasteiger partial charge in [-0.15, -0.1) is 0 Å². The number of aromatic nitrogens is 2. The number of hydrogen-bond acceptors (Lipinski definition) is 16. The molecule has 1 aromatic heterocycles. The largest absolute Gasteiger partial charge is 0.480 e. The number of aliphatic hydroxyl groups is 2. The van der Waals surface area contributed by atoms with Gasteiger partial charge in [0.05, 0.1) is 31.1 Å². The molecule has 1 aromatic rings. The number of nitrogens with zero attached hydrogens (tertiary/aromatic N) is 3. The molecule has 3 rings (SSSR count). The Kier molecular flexibility index (Phi) is 28.1. The Balaban J connectivity index is 1.74. The maximum absolute atomic E-state index is 14.3. The molecule has 2 aliphatic carbocycles. The number of nitrogens with one attached hydrogen (secondary N) is 9. The van der Waals surface area contributed by atoms with Crippen molar-refractivity contribution in [2.24, 2.45) is 39.8 Å². The first-order valence-electron chi connectivity index (χ1n) is 27.1. The molecular weight excluding hydrogens is 1030 g/mol. The summed E-state index contributed by atoms with van der Waals surface area (Å²) in [6.07, 6.45) is 6.38. The summed E-state index contributed by atoms with van der Waals surface area (Å²) in [5, 5.41) is 51.1. The molecule has 1 heterocycles. The van der Waals surface area contributed by atoms with E-state index >= 15 is 0 Å². The molecule has 444 valence electrons. The van der Waals surface area contributed by atoms with Crippen LogP contribution in [-0.2, 0) is 54.4 Å². The van der Waals surface area contributed by atoms with Gasteiger partial charge >= 0.3 is 5.97 Å². The Morgan fingerprint density at radius 2 is 1.32 bits per heavy atom. The van der Waals surface area contributed by atoms with E-state index in [1.54, 1.807) is 13.8 Å². The molecule has 2 fully saturated rings. The van der Waals surface area contributed by atoms with Crippen molar-refractivity contribution < 1.29 is 63.3 Å². The van der Waals surface area contributed by atoms with Gasteiger partial charge in [-0.2, -0.15) is 0 Å². The number of rotatable bonds is 35. The van der Waals surface area contributed by atoms with Crippen LogP contribution in [0.1, 0.15) is 124 Å².